The number of amides is 4. The number of hydrogen-bond donors (Lipinski definition) is 3. The fourth-order valence-electron chi connectivity index (χ4n) is 5.64. The maximum absolute atomic E-state index is 13.4. The highest BCUT2D eigenvalue weighted by Crippen LogP contribution is 2.48. The lowest BCUT2D eigenvalue weighted by molar-refractivity contribution is -0.128. The molecule has 4 atom stereocenters. The average Bonchev–Trinajstić information content (AvgIpc) is 3.51. The zero-order chi connectivity index (χ0) is 25.5. The Bertz CT molecular complexity index is 1250. The van der Waals surface area contributed by atoms with E-state index in [9.17, 15) is 14.4 Å². The predicted molar refractivity (Wildman–Crippen MR) is 141 cm³/mol. The summed E-state index contributed by atoms with van der Waals surface area (Å²) in [6.45, 7) is 3.47. The van der Waals surface area contributed by atoms with Crippen LogP contribution in [0.5, 0.6) is 11.5 Å². The lowest BCUT2D eigenvalue weighted by atomic mass is 9.86. The number of carbonyl (C=O) groups excluding carboxylic acids is 3. The summed E-state index contributed by atoms with van der Waals surface area (Å²) < 4.78 is 5.91. The van der Waals surface area contributed by atoms with Crippen molar-refractivity contribution in [2.45, 2.75) is 37.2 Å². The molecule has 4 amide bonds. The molecular weight excluding hydrogens is 490 g/mol. The average molecular weight is 520 g/mol. The van der Waals surface area contributed by atoms with Crippen molar-refractivity contribution in [3.8, 4) is 11.5 Å². The Morgan fingerprint density at radius 1 is 1.05 bits per heavy atom. The molecular formula is C27H29N5O4S. The van der Waals surface area contributed by atoms with E-state index in [4.69, 9.17) is 4.74 Å². The van der Waals surface area contributed by atoms with Crippen LogP contribution in [0.3, 0.4) is 0 Å². The van der Waals surface area contributed by atoms with Gasteiger partial charge in [-0.25, -0.2) is 4.79 Å². The molecule has 0 saturated carbocycles. The number of para-hydroxylation sites is 1. The first-order valence-corrected chi connectivity index (χ1v) is 13.5. The van der Waals surface area contributed by atoms with E-state index in [0.717, 1.165) is 30.8 Å². The maximum Gasteiger partial charge on any atom is 0.326 e. The molecule has 192 valence electrons. The van der Waals surface area contributed by atoms with E-state index in [2.05, 4.69) is 16.0 Å². The van der Waals surface area contributed by atoms with Gasteiger partial charge in [0.25, 0.3) is 5.91 Å². The second-order valence-corrected chi connectivity index (χ2v) is 10.9. The van der Waals surface area contributed by atoms with E-state index in [1.165, 1.54) is 11.8 Å². The summed E-state index contributed by atoms with van der Waals surface area (Å²) in [6.07, 6.45) is 1.52. The van der Waals surface area contributed by atoms with Gasteiger partial charge in [0.1, 0.15) is 11.5 Å². The molecule has 2 aromatic rings. The van der Waals surface area contributed by atoms with Crippen LogP contribution >= 0.6 is 11.8 Å². The molecule has 0 radical (unpaired) electrons. The summed E-state index contributed by atoms with van der Waals surface area (Å²) in [6, 6.07) is 16.7. The van der Waals surface area contributed by atoms with E-state index in [-0.39, 0.29) is 41.2 Å². The van der Waals surface area contributed by atoms with Gasteiger partial charge in [-0.2, -0.15) is 0 Å². The smallest absolute Gasteiger partial charge is 0.326 e. The van der Waals surface area contributed by atoms with Gasteiger partial charge in [0, 0.05) is 43.4 Å². The highest BCUT2D eigenvalue weighted by Gasteiger charge is 2.51. The molecule has 4 heterocycles. The lowest BCUT2D eigenvalue weighted by Gasteiger charge is -2.45. The number of benzene rings is 2. The Hall–Kier alpha value is -3.50. The van der Waals surface area contributed by atoms with Crippen LogP contribution in [0.2, 0.25) is 0 Å². The first-order valence-electron chi connectivity index (χ1n) is 12.6. The van der Waals surface area contributed by atoms with Gasteiger partial charge in [-0.1, -0.05) is 30.0 Å². The Balaban J connectivity index is 1.20. The van der Waals surface area contributed by atoms with Gasteiger partial charge in [0.2, 0.25) is 5.91 Å². The summed E-state index contributed by atoms with van der Waals surface area (Å²) >= 11 is 1.49. The number of ether oxygens (including phenoxy) is 1. The molecule has 2 aromatic carbocycles. The predicted octanol–water partition coefficient (Wildman–Crippen LogP) is 3.01. The van der Waals surface area contributed by atoms with Gasteiger partial charge >= 0.3 is 6.03 Å². The Labute approximate surface area is 219 Å². The Morgan fingerprint density at radius 2 is 1.81 bits per heavy atom. The summed E-state index contributed by atoms with van der Waals surface area (Å²) in [7, 11) is 0. The second kappa shape index (κ2) is 9.75. The molecule has 4 aliphatic heterocycles. The molecule has 9 nitrogen and oxygen atoms in total. The number of likely N-dealkylation sites (tertiary alicyclic amines) is 1. The van der Waals surface area contributed by atoms with Crippen molar-refractivity contribution in [3.63, 3.8) is 0 Å². The number of rotatable bonds is 5. The highest BCUT2D eigenvalue weighted by molar-refractivity contribution is 8.04. The molecule has 3 unspecified atom stereocenters. The molecule has 6 rings (SSSR count). The van der Waals surface area contributed by atoms with Gasteiger partial charge in [-0.15, -0.1) is 0 Å². The van der Waals surface area contributed by atoms with Crippen molar-refractivity contribution in [1.29, 1.82) is 0 Å². The first-order chi connectivity index (χ1) is 18.0. The lowest BCUT2D eigenvalue weighted by Crippen LogP contribution is -2.62. The number of carbonyl (C=O) groups is 3. The number of piperidine rings is 1. The minimum atomic E-state index is -0.231. The fourth-order valence-corrected chi connectivity index (χ4v) is 7.04. The largest absolute Gasteiger partial charge is 0.457 e. The van der Waals surface area contributed by atoms with Crippen molar-refractivity contribution in [3.05, 3.63) is 65.2 Å². The van der Waals surface area contributed by atoms with E-state index in [1.54, 1.807) is 11.8 Å². The van der Waals surface area contributed by atoms with E-state index < -0.39 is 0 Å². The number of hydrogen-bond acceptors (Lipinski definition) is 6. The molecule has 37 heavy (non-hydrogen) atoms. The quantitative estimate of drug-likeness (QED) is 0.561. The Kier molecular flexibility index (Phi) is 6.29. The standard InChI is InChI=1S/C27H29N5O4S/c1-16(33)31-14-12-17(15-31)29-25(34)24-23-22-21(11-13-28-26(22)37-24)32(27(35)30-23)18-7-9-20(10-8-18)36-19-5-3-2-4-6-19/h2-10,17,21-22,26,28H,11-15H2,1H3,(H,29,34)(H,30,35)/t17-,21?,22?,26?/m1/s1. The third-order valence-electron chi connectivity index (χ3n) is 7.41. The van der Waals surface area contributed by atoms with Gasteiger partial charge in [-0.3, -0.25) is 14.5 Å². The zero-order valence-corrected chi connectivity index (χ0v) is 21.3. The van der Waals surface area contributed by atoms with Gasteiger partial charge in [0.15, 0.2) is 0 Å². The molecule has 3 fully saturated rings. The summed E-state index contributed by atoms with van der Waals surface area (Å²) in [4.78, 5) is 42.4. The molecule has 0 spiro atoms. The first kappa shape index (κ1) is 23.9. The monoisotopic (exact) mass is 519 g/mol. The summed E-state index contributed by atoms with van der Waals surface area (Å²) in [5, 5.41) is 9.66. The highest BCUT2D eigenvalue weighted by atomic mass is 32.2. The van der Waals surface area contributed by atoms with E-state index in [1.807, 2.05) is 59.5 Å². The normalized spacial score (nSPS) is 26.6. The minimum Gasteiger partial charge on any atom is -0.457 e. The van der Waals surface area contributed by atoms with Gasteiger partial charge in [-0.05, 0) is 55.8 Å². The third-order valence-corrected chi connectivity index (χ3v) is 8.76. The maximum atomic E-state index is 13.4. The van der Waals surface area contributed by atoms with Crippen molar-refractivity contribution in [1.82, 2.24) is 20.9 Å². The van der Waals surface area contributed by atoms with Crippen LogP contribution < -0.4 is 25.6 Å². The molecule has 10 heteroatoms. The molecule has 3 N–H and O–H groups in total. The van der Waals surface area contributed by atoms with Crippen LogP contribution in [0.4, 0.5) is 10.5 Å². The number of nitrogens with one attached hydrogen (secondary N) is 3. The second-order valence-electron chi connectivity index (χ2n) is 9.75. The van der Waals surface area contributed by atoms with Crippen molar-refractivity contribution < 1.29 is 19.1 Å². The van der Waals surface area contributed by atoms with E-state index in [0.29, 0.717) is 29.4 Å². The summed E-state index contributed by atoms with van der Waals surface area (Å²) in [5.41, 5.74) is 1.50. The van der Waals surface area contributed by atoms with Crippen LogP contribution in [0.1, 0.15) is 19.8 Å². The molecule has 0 aliphatic carbocycles. The van der Waals surface area contributed by atoms with Crippen molar-refractivity contribution >= 4 is 35.3 Å². The van der Waals surface area contributed by atoms with Crippen LogP contribution in [-0.2, 0) is 9.59 Å². The van der Waals surface area contributed by atoms with Crippen LogP contribution in [0.25, 0.3) is 0 Å². The zero-order valence-electron chi connectivity index (χ0n) is 20.5. The van der Waals surface area contributed by atoms with Gasteiger partial charge < -0.3 is 25.6 Å². The topological polar surface area (TPSA) is 103 Å². The minimum absolute atomic E-state index is 0.00980. The van der Waals surface area contributed by atoms with Crippen LogP contribution in [0, 0.1) is 5.92 Å². The van der Waals surface area contributed by atoms with E-state index >= 15 is 0 Å². The third kappa shape index (κ3) is 4.55. The number of nitrogens with zero attached hydrogens (tertiary/aromatic N) is 2. The molecule has 0 aromatic heterocycles. The number of urea groups is 1. The Morgan fingerprint density at radius 3 is 2.54 bits per heavy atom. The fraction of sp³-hybridized carbons (Fsp3) is 0.370. The molecule has 3 saturated heterocycles. The van der Waals surface area contributed by atoms with Crippen molar-refractivity contribution in [2.75, 3.05) is 24.5 Å². The van der Waals surface area contributed by atoms with Crippen LogP contribution in [0.15, 0.2) is 65.2 Å². The molecule has 0 bridgehead atoms. The number of anilines is 1. The SMILES string of the molecule is CC(=O)N1CC[C@@H](NC(=O)C2=C3NC(=O)N(c4ccc(Oc5ccccc5)cc4)C4CCNC(S2)C34)C1. The van der Waals surface area contributed by atoms with Crippen molar-refractivity contribution in [2.24, 2.45) is 5.92 Å². The summed E-state index contributed by atoms with van der Waals surface area (Å²) in [5.74, 6) is 1.27. The van der Waals surface area contributed by atoms with Crippen LogP contribution in [-0.4, -0.2) is 59.8 Å². The number of thioether (sulfide) groups is 1. The van der Waals surface area contributed by atoms with Gasteiger partial charge in [0.05, 0.1) is 16.3 Å². The molecule has 4 aliphatic rings.